The summed E-state index contributed by atoms with van der Waals surface area (Å²) < 4.78 is 0. The summed E-state index contributed by atoms with van der Waals surface area (Å²) in [6.07, 6.45) is 4.60. The van der Waals surface area contributed by atoms with Crippen LogP contribution >= 0.6 is 0 Å². The number of amides is 1. The Morgan fingerprint density at radius 3 is 2.95 bits per heavy atom. The SMILES string of the molecule is O=CNc1ccc2nc(CN3CCCCC3)[nH]c2c1. The lowest BCUT2D eigenvalue weighted by Crippen LogP contribution is -2.29. The van der Waals surface area contributed by atoms with Crippen molar-refractivity contribution in [1.82, 2.24) is 14.9 Å². The lowest BCUT2D eigenvalue weighted by atomic mass is 10.1. The van der Waals surface area contributed by atoms with E-state index in [4.69, 9.17) is 0 Å². The molecule has 0 unspecified atom stereocenters. The van der Waals surface area contributed by atoms with Crippen molar-refractivity contribution in [1.29, 1.82) is 0 Å². The van der Waals surface area contributed by atoms with Crippen LogP contribution in [0.1, 0.15) is 25.1 Å². The van der Waals surface area contributed by atoms with Gasteiger partial charge in [-0.2, -0.15) is 0 Å². The van der Waals surface area contributed by atoms with Crippen LogP contribution in [0.2, 0.25) is 0 Å². The number of carbonyl (C=O) groups excluding carboxylic acids is 1. The van der Waals surface area contributed by atoms with E-state index in [2.05, 4.69) is 20.2 Å². The highest BCUT2D eigenvalue weighted by Gasteiger charge is 2.12. The number of carbonyl (C=O) groups is 1. The van der Waals surface area contributed by atoms with E-state index < -0.39 is 0 Å². The molecular formula is C14H18N4O. The van der Waals surface area contributed by atoms with Gasteiger partial charge in [-0.25, -0.2) is 4.98 Å². The molecule has 3 rings (SSSR count). The molecule has 5 heteroatoms. The molecule has 0 aliphatic carbocycles. The summed E-state index contributed by atoms with van der Waals surface area (Å²) in [5.41, 5.74) is 2.71. The van der Waals surface area contributed by atoms with Gasteiger partial charge in [0.1, 0.15) is 5.82 Å². The van der Waals surface area contributed by atoms with Crippen molar-refractivity contribution >= 4 is 23.1 Å². The number of aromatic nitrogens is 2. The van der Waals surface area contributed by atoms with Crippen LogP contribution in [0, 0.1) is 0 Å². The number of benzene rings is 1. The quantitative estimate of drug-likeness (QED) is 0.826. The van der Waals surface area contributed by atoms with E-state index >= 15 is 0 Å². The van der Waals surface area contributed by atoms with Crippen molar-refractivity contribution < 1.29 is 4.79 Å². The highest BCUT2D eigenvalue weighted by atomic mass is 16.1. The largest absolute Gasteiger partial charge is 0.341 e. The standard InChI is InChI=1S/C14H18N4O/c19-10-15-11-4-5-12-13(8-11)17-14(16-12)9-18-6-2-1-3-7-18/h4-5,8,10H,1-3,6-7,9H2,(H,15,19)(H,16,17). The molecule has 1 amide bonds. The Morgan fingerprint density at radius 2 is 2.16 bits per heavy atom. The number of imidazole rings is 1. The molecule has 0 radical (unpaired) electrons. The maximum Gasteiger partial charge on any atom is 0.211 e. The van der Waals surface area contributed by atoms with Gasteiger partial charge in [-0.1, -0.05) is 6.42 Å². The first-order valence-electron chi connectivity index (χ1n) is 6.76. The average Bonchev–Trinajstić information content (AvgIpc) is 2.82. The predicted octanol–water partition coefficient (Wildman–Crippen LogP) is 2.12. The number of piperidine rings is 1. The van der Waals surface area contributed by atoms with Gasteiger partial charge in [-0.15, -0.1) is 0 Å². The molecule has 1 saturated heterocycles. The van der Waals surface area contributed by atoms with Gasteiger partial charge < -0.3 is 10.3 Å². The minimum Gasteiger partial charge on any atom is -0.341 e. The number of nitrogens with one attached hydrogen (secondary N) is 2. The molecule has 0 saturated carbocycles. The van der Waals surface area contributed by atoms with Crippen LogP contribution in [0.4, 0.5) is 5.69 Å². The number of aromatic amines is 1. The number of fused-ring (bicyclic) bond motifs is 1. The maximum atomic E-state index is 10.4. The van der Waals surface area contributed by atoms with E-state index in [1.807, 2.05) is 18.2 Å². The molecule has 1 fully saturated rings. The number of likely N-dealkylation sites (tertiary alicyclic amines) is 1. The zero-order valence-corrected chi connectivity index (χ0v) is 10.9. The zero-order chi connectivity index (χ0) is 13.1. The van der Waals surface area contributed by atoms with Crippen LogP contribution in [-0.4, -0.2) is 34.4 Å². The van der Waals surface area contributed by atoms with Crippen LogP contribution in [0.15, 0.2) is 18.2 Å². The number of rotatable bonds is 4. The molecule has 19 heavy (non-hydrogen) atoms. The molecular weight excluding hydrogens is 240 g/mol. The van der Waals surface area contributed by atoms with Crippen molar-refractivity contribution in [2.24, 2.45) is 0 Å². The van der Waals surface area contributed by atoms with Crippen LogP contribution in [0.3, 0.4) is 0 Å². The fraction of sp³-hybridized carbons (Fsp3) is 0.429. The van der Waals surface area contributed by atoms with Gasteiger partial charge >= 0.3 is 0 Å². The van der Waals surface area contributed by atoms with E-state index in [-0.39, 0.29) is 0 Å². The summed E-state index contributed by atoms with van der Waals surface area (Å²) >= 11 is 0. The normalized spacial score (nSPS) is 16.6. The number of nitrogens with zero attached hydrogens (tertiary/aromatic N) is 2. The highest BCUT2D eigenvalue weighted by molar-refractivity contribution is 5.83. The molecule has 2 heterocycles. The van der Waals surface area contributed by atoms with Crippen LogP contribution in [0.25, 0.3) is 11.0 Å². The Bertz CT molecular complexity index is 572. The summed E-state index contributed by atoms with van der Waals surface area (Å²) in [5.74, 6) is 1.00. The van der Waals surface area contributed by atoms with Crippen molar-refractivity contribution in [3.05, 3.63) is 24.0 Å². The van der Waals surface area contributed by atoms with Crippen molar-refractivity contribution in [3.63, 3.8) is 0 Å². The summed E-state index contributed by atoms with van der Waals surface area (Å²) in [6, 6.07) is 5.70. The first-order valence-corrected chi connectivity index (χ1v) is 6.76. The van der Waals surface area contributed by atoms with Crippen molar-refractivity contribution in [2.75, 3.05) is 18.4 Å². The Morgan fingerprint density at radius 1 is 1.32 bits per heavy atom. The second-order valence-corrected chi connectivity index (χ2v) is 5.01. The van der Waals surface area contributed by atoms with E-state index in [0.717, 1.165) is 42.2 Å². The molecule has 0 spiro atoms. The number of hydrogen-bond acceptors (Lipinski definition) is 3. The first kappa shape index (κ1) is 12.2. The lowest BCUT2D eigenvalue weighted by Gasteiger charge is -2.25. The maximum absolute atomic E-state index is 10.4. The molecule has 1 aliphatic heterocycles. The van der Waals surface area contributed by atoms with E-state index in [9.17, 15) is 4.79 Å². The van der Waals surface area contributed by atoms with Crippen molar-refractivity contribution in [2.45, 2.75) is 25.8 Å². The molecule has 100 valence electrons. The second-order valence-electron chi connectivity index (χ2n) is 5.01. The minimum atomic E-state index is 0.687. The minimum absolute atomic E-state index is 0.687. The fourth-order valence-electron chi connectivity index (χ4n) is 2.62. The molecule has 5 nitrogen and oxygen atoms in total. The second kappa shape index (κ2) is 5.40. The smallest absolute Gasteiger partial charge is 0.211 e. The van der Waals surface area contributed by atoms with Gasteiger partial charge in [0, 0.05) is 5.69 Å². The molecule has 0 atom stereocenters. The third-order valence-electron chi connectivity index (χ3n) is 3.58. The average molecular weight is 258 g/mol. The number of H-pyrrole nitrogens is 1. The molecule has 1 aromatic carbocycles. The summed E-state index contributed by atoms with van der Waals surface area (Å²) in [4.78, 5) is 20.8. The lowest BCUT2D eigenvalue weighted by molar-refractivity contribution is -0.105. The van der Waals surface area contributed by atoms with E-state index in [1.54, 1.807) is 0 Å². The molecule has 0 bridgehead atoms. The van der Waals surface area contributed by atoms with Crippen LogP contribution < -0.4 is 5.32 Å². The van der Waals surface area contributed by atoms with E-state index in [0.29, 0.717) is 6.41 Å². The van der Waals surface area contributed by atoms with Crippen molar-refractivity contribution in [3.8, 4) is 0 Å². The first-order chi connectivity index (χ1) is 9.35. The Balaban J connectivity index is 1.78. The van der Waals surface area contributed by atoms with E-state index in [1.165, 1.54) is 19.3 Å². The highest BCUT2D eigenvalue weighted by Crippen LogP contribution is 2.18. The topological polar surface area (TPSA) is 61.0 Å². The monoisotopic (exact) mass is 258 g/mol. The van der Waals surface area contributed by atoms with Gasteiger partial charge in [0.05, 0.1) is 17.6 Å². The predicted molar refractivity (Wildman–Crippen MR) is 74.9 cm³/mol. The molecule has 1 aromatic heterocycles. The molecule has 2 aromatic rings. The number of hydrogen-bond donors (Lipinski definition) is 2. The van der Waals surface area contributed by atoms with Crippen LogP contribution in [0.5, 0.6) is 0 Å². The van der Waals surface area contributed by atoms with Gasteiger partial charge in [-0.05, 0) is 44.1 Å². The van der Waals surface area contributed by atoms with Gasteiger partial charge in [-0.3, -0.25) is 9.69 Å². The zero-order valence-electron chi connectivity index (χ0n) is 10.9. The molecule has 1 aliphatic rings. The Kier molecular flexibility index (Phi) is 3.46. The van der Waals surface area contributed by atoms with Crippen LogP contribution in [-0.2, 0) is 11.3 Å². The van der Waals surface area contributed by atoms with Gasteiger partial charge in [0.25, 0.3) is 0 Å². The third-order valence-corrected chi connectivity index (χ3v) is 3.58. The fourth-order valence-corrected chi connectivity index (χ4v) is 2.62. The third kappa shape index (κ3) is 2.76. The summed E-state index contributed by atoms with van der Waals surface area (Å²) in [7, 11) is 0. The molecule has 2 N–H and O–H groups in total. The Labute approximate surface area is 112 Å². The van der Waals surface area contributed by atoms with Gasteiger partial charge in [0.15, 0.2) is 0 Å². The Hall–Kier alpha value is -1.88. The number of anilines is 1. The summed E-state index contributed by atoms with van der Waals surface area (Å²) in [6.45, 7) is 3.20. The summed E-state index contributed by atoms with van der Waals surface area (Å²) in [5, 5.41) is 2.65. The van der Waals surface area contributed by atoms with Gasteiger partial charge in [0.2, 0.25) is 6.41 Å².